The smallest absolute Gasteiger partial charge is 0.258 e. The van der Waals surface area contributed by atoms with E-state index in [9.17, 15) is 14.5 Å². The van der Waals surface area contributed by atoms with E-state index in [-0.39, 0.29) is 11.5 Å². The maximum Gasteiger partial charge on any atom is 0.269 e. The summed E-state index contributed by atoms with van der Waals surface area (Å²) in [6.45, 7) is 0. The Kier molecular flexibility index (Phi) is 4.51. The highest BCUT2D eigenvalue weighted by Crippen LogP contribution is 2.24. The molecule has 0 atom stereocenters. The lowest BCUT2D eigenvalue weighted by molar-refractivity contribution is -0.384. The predicted octanol–water partition coefficient (Wildman–Crippen LogP) is 4.13. The average molecular weight is 381 g/mol. The number of non-ortho nitro benzene ring substituents is 1. The molecule has 0 radical (unpaired) electrons. The fourth-order valence-electron chi connectivity index (χ4n) is 2.50. The number of benzene rings is 2. The van der Waals surface area contributed by atoms with E-state index in [2.05, 4.69) is 15.3 Å². The Labute approximate surface area is 157 Å². The quantitative estimate of drug-likeness (QED) is 0.293. The van der Waals surface area contributed by atoms with Crippen molar-refractivity contribution in [3.05, 3.63) is 82.2 Å². The number of nitrogens with zero attached hydrogens (tertiary/aromatic N) is 5. The van der Waals surface area contributed by atoms with Crippen molar-refractivity contribution in [2.75, 3.05) is 0 Å². The average Bonchev–Trinajstić information content (AvgIpc) is 3.09. The molecule has 0 aliphatic rings. The summed E-state index contributed by atoms with van der Waals surface area (Å²) in [7, 11) is 0. The summed E-state index contributed by atoms with van der Waals surface area (Å²) in [5.74, 6) is 0.268. The zero-order valence-corrected chi connectivity index (χ0v) is 14.6. The lowest BCUT2D eigenvalue weighted by Crippen LogP contribution is -1.96. The summed E-state index contributed by atoms with van der Waals surface area (Å²) in [5, 5.41) is 24.1. The van der Waals surface area contributed by atoms with E-state index < -0.39 is 4.92 Å². The van der Waals surface area contributed by atoms with Crippen LogP contribution in [-0.2, 0) is 5.75 Å². The van der Waals surface area contributed by atoms with E-state index in [0.29, 0.717) is 22.3 Å². The van der Waals surface area contributed by atoms with Crippen LogP contribution in [0.15, 0.2) is 65.8 Å². The first-order chi connectivity index (χ1) is 13.1. The molecule has 2 aromatic carbocycles. The number of rotatable bonds is 5. The van der Waals surface area contributed by atoms with Gasteiger partial charge >= 0.3 is 0 Å². The van der Waals surface area contributed by atoms with Crippen molar-refractivity contribution in [2.45, 2.75) is 10.9 Å². The third kappa shape index (κ3) is 3.63. The molecule has 2 heterocycles. The topological polar surface area (TPSA) is 86.2 Å². The first kappa shape index (κ1) is 17.1. The second kappa shape index (κ2) is 7.12. The van der Waals surface area contributed by atoms with Gasteiger partial charge in [0, 0.05) is 23.4 Å². The number of halogens is 1. The number of thioether (sulfide) groups is 1. The predicted molar refractivity (Wildman–Crippen MR) is 98.8 cm³/mol. The van der Waals surface area contributed by atoms with Gasteiger partial charge in [-0.15, -0.1) is 10.2 Å². The van der Waals surface area contributed by atoms with Crippen LogP contribution in [0.2, 0.25) is 0 Å². The first-order valence-corrected chi connectivity index (χ1v) is 8.93. The van der Waals surface area contributed by atoms with Crippen LogP contribution in [0.4, 0.5) is 10.1 Å². The zero-order valence-electron chi connectivity index (χ0n) is 13.8. The van der Waals surface area contributed by atoms with Crippen molar-refractivity contribution in [3.8, 4) is 11.3 Å². The van der Waals surface area contributed by atoms with Gasteiger partial charge in [0.2, 0.25) is 5.16 Å². The number of hydrogen-bond acceptors (Lipinski definition) is 6. The standard InChI is InChI=1S/C18H12FN5O2S/c19-14-5-3-13(4-6-14)16-9-10-17-20-21-18(23(17)22-16)27-11-12-1-7-15(8-2-12)24(25)26/h1-10H,11H2. The third-order valence-corrected chi connectivity index (χ3v) is 4.88. The second-order valence-corrected chi connectivity index (χ2v) is 6.63. The van der Waals surface area contributed by atoms with Gasteiger partial charge in [-0.25, -0.2) is 4.39 Å². The first-order valence-electron chi connectivity index (χ1n) is 7.95. The van der Waals surface area contributed by atoms with Crippen molar-refractivity contribution >= 4 is 23.1 Å². The lowest BCUT2D eigenvalue weighted by atomic mass is 10.1. The second-order valence-electron chi connectivity index (χ2n) is 5.69. The van der Waals surface area contributed by atoms with Gasteiger partial charge in [0.25, 0.3) is 5.69 Å². The molecule has 9 heteroatoms. The highest BCUT2D eigenvalue weighted by molar-refractivity contribution is 7.98. The molecule has 4 aromatic rings. The summed E-state index contributed by atoms with van der Waals surface area (Å²) in [6.07, 6.45) is 0. The van der Waals surface area contributed by atoms with E-state index in [1.165, 1.54) is 36.0 Å². The third-order valence-electron chi connectivity index (χ3n) is 3.89. The highest BCUT2D eigenvalue weighted by atomic mass is 32.2. The summed E-state index contributed by atoms with van der Waals surface area (Å²) >= 11 is 1.43. The van der Waals surface area contributed by atoms with Gasteiger partial charge < -0.3 is 0 Å². The molecule has 0 unspecified atom stereocenters. The molecule has 0 fully saturated rings. The Balaban J connectivity index is 1.57. The molecule has 0 bridgehead atoms. The molecule has 7 nitrogen and oxygen atoms in total. The van der Waals surface area contributed by atoms with Gasteiger partial charge in [0.05, 0.1) is 10.6 Å². The van der Waals surface area contributed by atoms with Crippen LogP contribution in [0.5, 0.6) is 0 Å². The number of aromatic nitrogens is 4. The Bertz CT molecular complexity index is 1110. The summed E-state index contributed by atoms with van der Waals surface area (Å²) in [4.78, 5) is 10.3. The Hall–Kier alpha value is -3.33. The maximum absolute atomic E-state index is 13.1. The molecule has 0 spiro atoms. The van der Waals surface area contributed by atoms with Crippen LogP contribution in [0.1, 0.15) is 5.56 Å². The summed E-state index contributed by atoms with van der Waals surface area (Å²) in [5.41, 5.74) is 3.06. The maximum atomic E-state index is 13.1. The number of nitro groups is 1. The van der Waals surface area contributed by atoms with Crippen LogP contribution in [0.25, 0.3) is 16.9 Å². The summed E-state index contributed by atoms with van der Waals surface area (Å²) < 4.78 is 14.7. The Morgan fingerprint density at radius 1 is 1.00 bits per heavy atom. The van der Waals surface area contributed by atoms with E-state index in [0.717, 1.165) is 11.1 Å². The van der Waals surface area contributed by atoms with Crippen molar-refractivity contribution in [3.63, 3.8) is 0 Å². The van der Waals surface area contributed by atoms with Gasteiger partial charge in [0.15, 0.2) is 5.65 Å². The minimum absolute atomic E-state index is 0.0577. The van der Waals surface area contributed by atoms with Gasteiger partial charge in [0.1, 0.15) is 5.82 Å². The normalized spacial score (nSPS) is 11.0. The van der Waals surface area contributed by atoms with Crippen molar-refractivity contribution in [2.24, 2.45) is 0 Å². The Morgan fingerprint density at radius 3 is 2.44 bits per heavy atom. The molecule has 27 heavy (non-hydrogen) atoms. The van der Waals surface area contributed by atoms with Crippen LogP contribution in [-0.4, -0.2) is 24.7 Å². The van der Waals surface area contributed by atoms with Gasteiger partial charge in [-0.2, -0.15) is 9.61 Å². The van der Waals surface area contributed by atoms with Crippen LogP contribution in [0, 0.1) is 15.9 Å². The monoisotopic (exact) mass is 381 g/mol. The zero-order chi connectivity index (χ0) is 18.8. The molecule has 0 amide bonds. The molecular formula is C18H12FN5O2S. The molecule has 0 aliphatic carbocycles. The lowest BCUT2D eigenvalue weighted by Gasteiger charge is -2.03. The van der Waals surface area contributed by atoms with Crippen molar-refractivity contribution in [1.82, 2.24) is 19.8 Å². The largest absolute Gasteiger partial charge is 0.269 e. The minimum atomic E-state index is -0.427. The summed E-state index contributed by atoms with van der Waals surface area (Å²) in [6, 6.07) is 16.1. The van der Waals surface area contributed by atoms with E-state index >= 15 is 0 Å². The Morgan fingerprint density at radius 2 is 1.74 bits per heavy atom. The number of hydrogen-bond donors (Lipinski definition) is 0. The molecule has 0 N–H and O–H groups in total. The van der Waals surface area contributed by atoms with E-state index in [1.54, 1.807) is 34.8 Å². The molecular weight excluding hydrogens is 369 g/mol. The minimum Gasteiger partial charge on any atom is -0.258 e. The molecule has 134 valence electrons. The van der Waals surface area contributed by atoms with Gasteiger partial charge in [-0.05, 0) is 42.0 Å². The van der Waals surface area contributed by atoms with Gasteiger partial charge in [-0.3, -0.25) is 10.1 Å². The number of fused-ring (bicyclic) bond motifs is 1. The van der Waals surface area contributed by atoms with Gasteiger partial charge in [-0.1, -0.05) is 23.9 Å². The molecule has 2 aromatic heterocycles. The van der Waals surface area contributed by atoms with Crippen LogP contribution < -0.4 is 0 Å². The fourth-order valence-corrected chi connectivity index (χ4v) is 3.34. The van der Waals surface area contributed by atoms with Crippen molar-refractivity contribution < 1.29 is 9.31 Å². The van der Waals surface area contributed by atoms with Crippen LogP contribution >= 0.6 is 11.8 Å². The highest BCUT2D eigenvalue weighted by Gasteiger charge is 2.11. The SMILES string of the molecule is O=[N+]([O-])c1ccc(CSc2nnc3ccc(-c4ccc(F)cc4)nn23)cc1. The molecule has 0 aliphatic heterocycles. The van der Waals surface area contributed by atoms with E-state index in [1.807, 2.05) is 6.07 Å². The van der Waals surface area contributed by atoms with E-state index in [4.69, 9.17) is 0 Å². The molecule has 0 saturated carbocycles. The number of nitro benzene ring substituents is 1. The molecule has 0 saturated heterocycles. The fraction of sp³-hybridized carbons (Fsp3) is 0.0556. The molecule has 4 rings (SSSR count). The van der Waals surface area contributed by atoms with Crippen molar-refractivity contribution in [1.29, 1.82) is 0 Å². The van der Waals surface area contributed by atoms with Crippen LogP contribution in [0.3, 0.4) is 0 Å².